The molecule has 6 aromatic rings. The summed E-state index contributed by atoms with van der Waals surface area (Å²) in [7, 11) is 0. The van der Waals surface area contributed by atoms with Gasteiger partial charge in [0, 0.05) is 47.1 Å². The molecule has 37 heavy (non-hydrogen) atoms. The fourth-order valence-electron chi connectivity index (χ4n) is 4.19. The number of pyridine rings is 4. The molecule has 0 fully saturated rings. The maximum Gasteiger partial charge on any atom is 0.180 e. The minimum Gasteiger partial charge on any atom is -0.385 e. The van der Waals surface area contributed by atoms with Crippen LogP contribution < -0.4 is 16.0 Å². The van der Waals surface area contributed by atoms with Crippen LogP contribution in [0.3, 0.4) is 0 Å². The maximum absolute atomic E-state index is 4.67. The number of aromatic amines is 1. The number of hydrogen-bond acceptors (Lipinski definition) is 8. The zero-order chi connectivity index (χ0) is 25.2. The van der Waals surface area contributed by atoms with Crippen LogP contribution in [0.1, 0.15) is 12.6 Å². The van der Waals surface area contributed by atoms with E-state index >= 15 is 0 Å². The zero-order valence-corrected chi connectivity index (χ0v) is 20.4. The first kappa shape index (κ1) is 22.4. The summed E-state index contributed by atoms with van der Waals surface area (Å²) >= 11 is 0. The molecule has 0 aliphatic carbocycles. The second-order valence-electron chi connectivity index (χ2n) is 8.64. The van der Waals surface area contributed by atoms with Crippen molar-refractivity contribution in [1.82, 2.24) is 29.9 Å². The van der Waals surface area contributed by atoms with Crippen LogP contribution >= 0.6 is 0 Å². The Balaban J connectivity index is 1.23. The number of fused-ring (bicyclic) bond motifs is 2. The van der Waals surface area contributed by atoms with Crippen LogP contribution in [0.15, 0.2) is 79.3 Å². The third-order valence-electron chi connectivity index (χ3n) is 5.92. The zero-order valence-electron chi connectivity index (χ0n) is 20.4. The maximum atomic E-state index is 4.67. The Morgan fingerprint density at radius 1 is 0.784 bits per heavy atom. The largest absolute Gasteiger partial charge is 0.385 e. The third-order valence-corrected chi connectivity index (χ3v) is 5.92. The number of H-pyrrole nitrogens is 1. The minimum absolute atomic E-state index is 0.620. The van der Waals surface area contributed by atoms with Gasteiger partial charge < -0.3 is 20.9 Å². The SMILES string of the molecule is CCNc1ccc2nccc(Nc3ccc(-c4nc5nc(Nc6ccnc(C)c6)ccc5[nH]4)nc3)c2c1. The van der Waals surface area contributed by atoms with Crippen molar-refractivity contribution < 1.29 is 0 Å². The Morgan fingerprint density at radius 2 is 1.68 bits per heavy atom. The molecule has 182 valence electrons. The van der Waals surface area contributed by atoms with Gasteiger partial charge in [-0.15, -0.1) is 0 Å². The fourth-order valence-corrected chi connectivity index (χ4v) is 4.19. The van der Waals surface area contributed by atoms with Crippen LogP contribution in [-0.2, 0) is 0 Å². The molecule has 4 N–H and O–H groups in total. The first-order valence-electron chi connectivity index (χ1n) is 12.1. The Hall–Kier alpha value is -5.05. The molecule has 1 aromatic carbocycles. The monoisotopic (exact) mass is 487 g/mol. The van der Waals surface area contributed by atoms with Crippen molar-refractivity contribution in [3.8, 4) is 11.5 Å². The molecule has 0 amide bonds. The molecule has 9 heteroatoms. The second kappa shape index (κ2) is 9.54. The van der Waals surface area contributed by atoms with Gasteiger partial charge in [0.1, 0.15) is 11.5 Å². The van der Waals surface area contributed by atoms with Crippen LogP contribution in [0.2, 0.25) is 0 Å². The Kier molecular flexibility index (Phi) is 5.78. The average Bonchev–Trinajstić information content (AvgIpc) is 3.33. The van der Waals surface area contributed by atoms with Crippen LogP contribution in [0.5, 0.6) is 0 Å². The van der Waals surface area contributed by atoms with Crippen LogP contribution in [0, 0.1) is 6.92 Å². The van der Waals surface area contributed by atoms with Gasteiger partial charge in [-0.2, -0.15) is 0 Å². The van der Waals surface area contributed by atoms with Crippen molar-refractivity contribution in [3.63, 3.8) is 0 Å². The predicted molar refractivity (Wildman–Crippen MR) is 149 cm³/mol. The van der Waals surface area contributed by atoms with E-state index in [1.54, 1.807) is 18.6 Å². The molecule has 0 unspecified atom stereocenters. The van der Waals surface area contributed by atoms with E-state index in [0.29, 0.717) is 17.3 Å². The topological polar surface area (TPSA) is 116 Å². The van der Waals surface area contributed by atoms with Crippen molar-refractivity contribution in [1.29, 1.82) is 0 Å². The summed E-state index contributed by atoms with van der Waals surface area (Å²) in [5.41, 5.74) is 7.90. The highest BCUT2D eigenvalue weighted by molar-refractivity contribution is 5.95. The van der Waals surface area contributed by atoms with Gasteiger partial charge in [0.05, 0.1) is 22.9 Å². The minimum atomic E-state index is 0.620. The van der Waals surface area contributed by atoms with E-state index < -0.39 is 0 Å². The lowest BCUT2D eigenvalue weighted by Gasteiger charge is -2.11. The summed E-state index contributed by atoms with van der Waals surface area (Å²) in [6, 6.07) is 19.8. The number of rotatable bonds is 7. The third kappa shape index (κ3) is 4.74. The van der Waals surface area contributed by atoms with Gasteiger partial charge in [-0.05, 0) is 74.5 Å². The van der Waals surface area contributed by atoms with Crippen molar-refractivity contribution in [2.45, 2.75) is 13.8 Å². The highest BCUT2D eigenvalue weighted by atomic mass is 15.1. The standard InChI is InChI=1S/C28H25N9/c1-3-29-18-4-6-22-21(15-18)23(11-13-31-22)33-20-5-7-24(32-16-20)27-35-25-8-9-26(36-28(25)37-27)34-19-10-12-30-17(2)14-19/h4-16,29H,3H2,1-2H3,(H,31,33)(H2,30,34,35,36,37). The molecular weight excluding hydrogens is 462 g/mol. The molecule has 5 heterocycles. The summed E-state index contributed by atoms with van der Waals surface area (Å²) in [4.78, 5) is 26.0. The number of hydrogen-bond donors (Lipinski definition) is 4. The Bertz CT molecular complexity index is 1710. The molecule has 0 radical (unpaired) electrons. The summed E-state index contributed by atoms with van der Waals surface area (Å²) < 4.78 is 0. The van der Waals surface area contributed by atoms with Crippen LogP contribution in [0.4, 0.5) is 28.6 Å². The molecule has 0 saturated heterocycles. The van der Waals surface area contributed by atoms with Gasteiger partial charge in [0.15, 0.2) is 11.5 Å². The predicted octanol–water partition coefficient (Wildman–Crippen LogP) is 6.19. The number of nitrogens with zero attached hydrogens (tertiary/aromatic N) is 5. The second-order valence-corrected chi connectivity index (χ2v) is 8.64. The normalized spacial score (nSPS) is 11.1. The number of nitrogens with one attached hydrogen (secondary N) is 4. The first-order valence-corrected chi connectivity index (χ1v) is 12.1. The lowest BCUT2D eigenvalue weighted by atomic mass is 10.1. The molecule has 5 aromatic heterocycles. The van der Waals surface area contributed by atoms with E-state index in [9.17, 15) is 0 Å². The Labute approximate surface area is 213 Å². The van der Waals surface area contributed by atoms with E-state index in [-0.39, 0.29) is 0 Å². The molecule has 0 aliphatic rings. The van der Waals surface area contributed by atoms with Crippen molar-refractivity contribution in [2.24, 2.45) is 0 Å². The number of aromatic nitrogens is 6. The van der Waals surface area contributed by atoms with E-state index in [4.69, 9.17) is 0 Å². The summed E-state index contributed by atoms with van der Waals surface area (Å²) in [6.07, 6.45) is 5.37. The van der Waals surface area contributed by atoms with E-state index in [1.807, 2.05) is 61.5 Å². The van der Waals surface area contributed by atoms with Gasteiger partial charge in [0.25, 0.3) is 0 Å². The first-order chi connectivity index (χ1) is 18.1. The Morgan fingerprint density at radius 3 is 2.51 bits per heavy atom. The van der Waals surface area contributed by atoms with Gasteiger partial charge in [-0.25, -0.2) is 9.97 Å². The van der Waals surface area contributed by atoms with E-state index in [0.717, 1.165) is 57.1 Å². The molecule has 0 spiro atoms. The van der Waals surface area contributed by atoms with E-state index in [2.05, 4.69) is 58.8 Å². The van der Waals surface area contributed by atoms with Gasteiger partial charge in [0.2, 0.25) is 0 Å². The molecule has 6 rings (SSSR count). The van der Waals surface area contributed by atoms with Gasteiger partial charge >= 0.3 is 0 Å². The smallest absolute Gasteiger partial charge is 0.180 e. The fraction of sp³-hybridized carbons (Fsp3) is 0.107. The highest BCUT2D eigenvalue weighted by Crippen LogP contribution is 2.28. The van der Waals surface area contributed by atoms with Gasteiger partial charge in [-0.1, -0.05) is 0 Å². The highest BCUT2D eigenvalue weighted by Gasteiger charge is 2.10. The lowest BCUT2D eigenvalue weighted by Crippen LogP contribution is -1.98. The quantitative estimate of drug-likeness (QED) is 0.211. The summed E-state index contributed by atoms with van der Waals surface area (Å²) in [6.45, 7) is 4.90. The molecule has 9 nitrogen and oxygen atoms in total. The van der Waals surface area contributed by atoms with Gasteiger partial charge in [-0.3, -0.25) is 15.0 Å². The molecule has 0 saturated carbocycles. The van der Waals surface area contributed by atoms with E-state index in [1.165, 1.54) is 0 Å². The van der Waals surface area contributed by atoms with Crippen LogP contribution in [0.25, 0.3) is 33.6 Å². The van der Waals surface area contributed by atoms with Crippen molar-refractivity contribution in [3.05, 3.63) is 84.9 Å². The van der Waals surface area contributed by atoms with Crippen molar-refractivity contribution >= 4 is 50.6 Å². The lowest BCUT2D eigenvalue weighted by molar-refractivity contribution is 1.20. The number of benzene rings is 1. The molecule has 0 atom stereocenters. The number of anilines is 5. The number of imidazole rings is 1. The molecule has 0 aliphatic heterocycles. The number of aryl methyl sites for hydroxylation is 1. The summed E-state index contributed by atoms with van der Waals surface area (Å²) in [5, 5.41) is 11.2. The van der Waals surface area contributed by atoms with Crippen LogP contribution in [-0.4, -0.2) is 36.4 Å². The molecule has 0 bridgehead atoms. The molecular formula is C28H25N9. The average molecular weight is 488 g/mol. The van der Waals surface area contributed by atoms with Crippen molar-refractivity contribution in [2.75, 3.05) is 22.5 Å². The summed E-state index contributed by atoms with van der Waals surface area (Å²) in [5.74, 6) is 1.38.